The van der Waals surface area contributed by atoms with Crippen molar-refractivity contribution in [2.24, 2.45) is 0 Å². The second-order valence-corrected chi connectivity index (χ2v) is 7.77. The van der Waals surface area contributed by atoms with Crippen molar-refractivity contribution in [3.05, 3.63) is 74.7 Å². The molecule has 0 atom stereocenters. The maximum atomic E-state index is 13.1. The molecule has 0 saturated heterocycles. The third-order valence-corrected chi connectivity index (χ3v) is 5.91. The van der Waals surface area contributed by atoms with Gasteiger partial charge in [0.25, 0.3) is 0 Å². The van der Waals surface area contributed by atoms with Crippen LogP contribution in [-0.2, 0) is 6.42 Å². The lowest BCUT2D eigenvalue weighted by Gasteiger charge is -2.05. The number of H-pyrrole nitrogens is 1. The van der Waals surface area contributed by atoms with E-state index in [4.69, 9.17) is 28.9 Å². The van der Waals surface area contributed by atoms with Gasteiger partial charge in [-0.1, -0.05) is 29.3 Å². The number of benzene rings is 2. The van der Waals surface area contributed by atoms with Crippen LogP contribution in [0.1, 0.15) is 27.3 Å². The molecule has 0 saturated carbocycles. The number of halogens is 2. The molecule has 8 heteroatoms. The predicted octanol–water partition coefficient (Wildman–Crippen LogP) is 4.77. The summed E-state index contributed by atoms with van der Waals surface area (Å²) in [6.07, 6.45) is 3.76. The van der Waals surface area contributed by atoms with Crippen LogP contribution in [0.2, 0.25) is 10.0 Å². The van der Waals surface area contributed by atoms with Crippen LogP contribution >= 0.6 is 23.2 Å². The van der Waals surface area contributed by atoms with Crippen LogP contribution in [0.5, 0.6) is 0 Å². The second kappa shape index (κ2) is 6.47. The average molecular weight is 424 g/mol. The van der Waals surface area contributed by atoms with E-state index in [1.165, 1.54) is 6.20 Å². The lowest BCUT2D eigenvalue weighted by molar-refractivity contribution is 0.103. The molecule has 0 aliphatic heterocycles. The van der Waals surface area contributed by atoms with Crippen molar-refractivity contribution in [2.75, 3.05) is 5.73 Å². The molecule has 1 aliphatic rings. The van der Waals surface area contributed by atoms with E-state index < -0.39 is 0 Å². The Kier molecular flexibility index (Phi) is 4.01. The lowest BCUT2D eigenvalue weighted by Crippen LogP contribution is -2.08. The zero-order valence-electron chi connectivity index (χ0n) is 15.3. The van der Waals surface area contributed by atoms with Gasteiger partial charge in [-0.3, -0.25) is 4.79 Å². The number of anilines is 1. The molecule has 3 N–H and O–H groups in total. The molecular weight excluding hydrogens is 409 g/mol. The van der Waals surface area contributed by atoms with E-state index in [1.807, 2.05) is 31.2 Å². The number of nitrogens with zero attached hydrogens (tertiary/aromatic N) is 3. The Hall–Kier alpha value is -3.09. The van der Waals surface area contributed by atoms with Crippen LogP contribution < -0.4 is 5.73 Å². The molecule has 0 unspecified atom stereocenters. The summed E-state index contributed by atoms with van der Waals surface area (Å²) in [6.45, 7) is 1.89. The van der Waals surface area contributed by atoms with Gasteiger partial charge in [0.15, 0.2) is 5.78 Å². The molecule has 4 aromatic rings. The zero-order valence-corrected chi connectivity index (χ0v) is 16.8. The molecule has 2 aromatic heterocycles. The number of imidazole rings is 1. The molecule has 1 aliphatic carbocycles. The molecule has 144 valence electrons. The molecule has 0 bridgehead atoms. The Morgan fingerprint density at radius 1 is 1.24 bits per heavy atom. The van der Waals surface area contributed by atoms with Gasteiger partial charge in [0.05, 0.1) is 38.5 Å². The van der Waals surface area contributed by atoms with Gasteiger partial charge >= 0.3 is 0 Å². The number of Topliss-reactive ketones (excluding diaryl/α,β-unsaturated/α-hetero) is 1. The number of aryl methyl sites for hydroxylation is 1. The van der Waals surface area contributed by atoms with Crippen molar-refractivity contribution in [3.8, 4) is 5.69 Å². The summed E-state index contributed by atoms with van der Waals surface area (Å²) in [7, 11) is 0. The number of fused-ring (bicyclic) bond motifs is 2. The molecule has 2 aromatic carbocycles. The van der Waals surface area contributed by atoms with E-state index in [9.17, 15) is 4.79 Å². The number of aromatic nitrogens is 4. The minimum Gasteiger partial charge on any atom is -0.383 e. The largest absolute Gasteiger partial charge is 0.383 e. The highest BCUT2D eigenvalue weighted by Gasteiger charge is 2.25. The van der Waals surface area contributed by atoms with Crippen LogP contribution in [0.3, 0.4) is 0 Å². The Morgan fingerprint density at radius 2 is 2.07 bits per heavy atom. The van der Waals surface area contributed by atoms with Crippen molar-refractivity contribution < 1.29 is 4.79 Å². The monoisotopic (exact) mass is 423 g/mol. The van der Waals surface area contributed by atoms with Crippen LogP contribution in [0, 0.1) is 6.92 Å². The zero-order chi connectivity index (χ0) is 20.3. The van der Waals surface area contributed by atoms with Gasteiger partial charge in [0, 0.05) is 12.0 Å². The number of allylic oxidation sites excluding steroid dienone is 1. The van der Waals surface area contributed by atoms with Gasteiger partial charge in [-0.25, -0.2) is 9.67 Å². The van der Waals surface area contributed by atoms with Crippen molar-refractivity contribution in [1.29, 1.82) is 0 Å². The summed E-state index contributed by atoms with van der Waals surface area (Å²) in [5.74, 6) is 0.940. The van der Waals surface area contributed by atoms with Crippen LogP contribution in [-0.4, -0.2) is 25.5 Å². The maximum Gasteiger partial charge on any atom is 0.194 e. The minimum absolute atomic E-state index is 0.171. The van der Waals surface area contributed by atoms with Crippen molar-refractivity contribution in [1.82, 2.24) is 19.7 Å². The van der Waals surface area contributed by atoms with Crippen LogP contribution in [0.25, 0.3) is 22.8 Å². The van der Waals surface area contributed by atoms with Gasteiger partial charge in [-0.15, -0.1) is 0 Å². The summed E-state index contributed by atoms with van der Waals surface area (Å²) in [6, 6.07) is 9.28. The molecule has 2 heterocycles. The fourth-order valence-corrected chi connectivity index (χ4v) is 4.06. The third kappa shape index (κ3) is 2.84. The van der Waals surface area contributed by atoms with E-state index in [0.717, 1.165) is 33.7 Å². The van der Waals surface area contributed by atoms with Gasteiger partial charge in [-0.05, 0) is 48.4 Å². The van der Waals surface area contributed by atoms with Crippen LogP contribution in [0.15, 0.2) is 42.1 Å². The Bertz CT molecular complexity index is 1350. The van der Waals surface area contributed by atoms with E-state index in [-0.39, 0.29) is 11.6 Å². The highest BCUT2D eigenvalue weighted by molar-refractivity contribution is 6.43. The van der Waals surface area contributed by atoms with Crippen molar-refractivity contribution in [3.63, 3.8) is 0 Å². The van der Waals surface area contributed by atoms with Crippen molar-refractivity contribution in [2.45, 2.75) is 13.3 Å². The average Bonchev–Trinajstić information content (AvgIpc) is 3.39. The molecule has 5 rings (SSSR count). The molecule has 0 spiro atoms. The number of nitrogens with two attached hydrogens (primary N) is 1. The summed E-state index contributed by atoms with van der Waals surface area (Å²) in [4.78, 5) is 20.7. The summed E-state index contributed by atoms with van der Waals surface area (Å²) >= 11 is 12.4. The molecule has 0 fully saturated rings. The van der Waals surface area contributed by atoms with E-state index in [0.29, 0.717) is 27.6 Å². The standard InChI is InChI=1S/C21H15Cl2N5O/c1-10-26-17-5-3-13(8-18(17)27-10)28-21(24)15(9-25-28)20(29)12-6-11-2-4-16(22)19(23)14(11)7-12/h2-5,7-9H,6,24H2,1H3,(H,26,27). The molecule has 0 radical (unpaired) electrons. The first-order valence-electron chi connectivity index (χ1n) is 8.95. The number of nitrogen functional groups attached to an aromatic ring is 1. The van der Waals surface area contributed by atoms with E-state index >= 15 is 0 Å². The van der Waals surface area contributed by atoms with Gasteiger partial charge < -0.3 is 10.7 Å². The number of nitrogens with one attached hydrogen (secondary N) is 1. The fraction of sp³-hybridized carbons (Fsp3) is 0.0952. The highest BCUT2D eigenvalue weighted by Crippen LogP contribution is 2.37. The van der Waals surface area contributed by atoms with Gasteiger partial charge in [0.2, 0.25) is 0 Å². The fourth-order valence-electron chi connectivity index (χ4n) is 3.66. The highest BCUT2D eigenvalue weighted by atomic mass is 35.5. The molecule has 29 heavy (non-hydrogen) atoms. The predicted molar refractivity (Wildman–Crippen MR) is 115 cm³/mol. The Morgan fingerprint density at radius 3 is 2.90 bits per heavy atom. The number of aromatic amines is 1. The smallest absolute Gasteiger partial charge is 0.194 e. The quantitative estimate of drug-likeness (QED) is 0.464. The summed E-state index contributed by atoms with van der Waals surface area (Å²) in [5, 5.41) is 5.26. The summed E-state index contributed by atoms with van der Waals surface area (Å²) < 4.78 is 1.55. The van der Waals surface area contributed by atoms with Gasteiger partial charge in [-0.2, -0.15) is 5.10 Å². The number of carbonyl (C=O) groups excluding carboxylic acids is 1. The Labute approximate surface area is 176 Å². The minimum atomic E-state index is -0.171. The molecular formula is C21H15Cl2N5O. The topological polar surface area (TPSA) is 89.6 Å². The van der Waals surface area contributed by atoms with Crippen LogP contribution in [0.4, 0.5) is 5.82 Å². The first-order chi connectivity index (χ1) is 13.9. The van der Waals surface area contributed by atoms with Crippen molar-refractivity contribution >= 4 is 51.9 Å². The molecule has 6 nitrogen and oxygen atoms in total. The first kappa shape index (κ1) is 18.0. The van der Waals surface area contributed by atoms with E-state index in [2.05, 4.69) is 15.1 Å². The number of ketones is 1. The van der Waals surface area contributed by atoms with Gasteiger partial charge in [0.1, 0.15) is 11.6 Å². The third-order valence-electron chi connectivity index (χ3n) is 5.09. The lowest BCUT2D eigenvalue weighted by atomic mass is 10.0. The number of hydrogen-bond acceptors (Lipinski definition) is 4. The second-order valence-electron chi connectivity index (χ2n) is 6.99. The Balaban J connectivity index is 1.51. The number of rotatable bonds is 3. The number of carbonyl (C=O) groups is 1. The number of hydrogen-bond donors (Lipinski definition) is 2. The first-order valence-corrected chi connectivity index (χ1v) is 9.70. The SMILES string of the molecule is Cc1nc2ccc(-n3ncc(C(=O)C4=Cc5c(ccc(Cl)c5Cl)C4)c3N)cc2[nH]1. The summed E-state index contributed by atoms with van der Waals surface area (Å²) in [5.41, 5.74) is 11.5. The maximum absolute atomic E-state index is 13.1. The molecule has 0 amide bonds. The van der Waals surface area contributed by atoms with E-state index in [1.54, 1.807) is 16.8 Å². The normalized spacial score (nSPS) is 13.0.